The van der Waals surface area contributed by atoms with Crippen LogP contribution in [0.1, 0.15) is 11.1 Å². The number of allylic oxidation sites excluding steroid dienone is 1. The Kier molecular flexibility index (Phi) is 5.16. The maximum atomic E-state index is 13.1. The largest absolute Gasteiger partial charge is 0.361 e. The van der Waals surface area contributed by atoms with Crippen molar-refractivity contribution in [3.63, 3.8) is 0 Å². The quantitative estimate of drug-likeness (QED) is 0.631. The standard InChI is InChI=1S/C20H19NO2S2/c1-15-7-9-17(10-8-15)25(22,23)18(11-12-24-2)13-16-14-21-20-6-4-3-5-19(16)20/h3-14,21H,1-2H3/b12-11+,18-13+. The Bertz CT molecular complexity index is 1040. The first kappa shape index (κ1) is 17.6. The van der Waals surface area contributed by atoms with Crippen LogP contribution in [0.5, 0.6) is 0 Å². The van der Waals surface area contributed by atoms with Gasteiger partial charge in [-0.1, -0.05) is 35.9 Å². The third-order valence-electron chi connectivity index (χ3n) is 3.93. The van der Waals surface area contributed by atoms with Gasteiger partial charge < -0.3 is 4.98 Å². The van der Waals surface area contributed by atoms with E-state index in [1.54, 1.807) is 29.7 Å². The molecule has 0 unspecified atom stereocenters. The van der Waals surface area contributed by atoms with Gasteiger partial charge in [0.05, 0.1) is 9.80 Å². The zero-order valence-electron chi connectivity index (χ0n) is 14.1. The number of hydrogen-bond acceptors (Lipinski definition) is 3. The Morgan fingerprint density at radius 1 is 1.08 bits per heavy atom. The summed E-state index contributed by atoms with van der Waals surface area (Å²) in [5.41, 5.74) is 2.86. The molecule has 0 radical (unpaired) electrons. The van der Waals surface area contributed by atoms with Gasteiger partial charge in [0.25, 0.3) is 0 Å². The van der Waals surface area contributed by atoms with Crippen molar-refractivity contribution < 1.29 is 8.42 Å². The van der Waals surface area contributed by atoms with Crippen molar-refractivity contribution >= 4 is 38.6 Å². The highest BCUT2D eigenvalue weighted by Gasteiger charge is 2.19. The van der Waals surface area contributed by atoms with Crippen molar-refractivity contribution in [2.75, 3.05) is 6.26 Å². The minimum atomic E-state index is -3.59. The summed E-state index contributed by atoms with van der Waals surface area (Å²) in [4.78, 5) is 3.75. The second-order valence-electron chi connectivity index (χ2n) is 5.69. The smallest absolute Gasteiger partial charge is 0.206 e. The number of rotatable bonds is 5. The molecule has 0 atom stereocenters. The van der Waals surface area contributed by atoms with Crippen LogP contribution in [-0.4, -0.2) is 19.7 Å². The van der Waals surface area contributed by atoms with Gasteiger partial charge >= 0.3 is 0 Å². The number of thioether (sulfide) groups is 1. The van der Waals surface area contributed by atoms with E-state index in [-0.39, 0.29) is 4.91 Å². The highest BCUT2D eigenvalue weighted by molar-refractivity contribution is 8.01. The lowest BCUT2D eigenvalue weighted by Gasteiger charge is -2.06. The fourth-order valence-corrected chi connectivity index (χ4v) is 4.24. The molecule has 1 heterocycles. The fourth-order valence-electron chi connectivity index (χ4n) is 2.57. The number of fused-ring (bicyclic) bond motifs is 1. The van der Waals surface area contributed by atoms with Crippen LogP contribution in [0.15, 0.2) is 76.0 Å². The second-order valence-corrected chi connectivity index (χ2v) is 8.38. The van der Waals surface area contributed by atoms with E-state index < -0.39 is 9.84 Å². The minimum Gasteiger partial charge on any atom is -0.361 e. The third kappa shape index (κ3) is 3.72. The van der Waals surface area contributed by atoms with Gasteiger partial charge in [-0.05, 0) is 48.9 Å². The molecule has 128 valence electrons. The summed E-state index contributed by atoms with van der Waals surface area (Å²) in [6.45, 7) is 1.94. The molecule has 25 heavy (non-hydrogen) atoms. The van der Waals surface area contributed by atoms with Gasteiger partial charge in [0.15, 0.2) is 0 Å². The maximum Gasteiger partial charge on any atom is 0.206 e. The lowest BCUT2D eigenvalue weighted by Crippen LogP contribution is -2.03. The average Bonchev–Trinajstić information content (AvgIpc) is 3.02. The summed E-state index contributed by atoms with van der Waals surface area (Å²) >= 11 is 1.47. The number of para-hydroxylation sites is 1. The Morgan fingerprint density at radius 2 is 1.80 bits per heavy atom. The molecule has 0 saturated heterocycles. The summed E-state index contributed by atoms with van der Waals surface area (Å²) in [6.07, 6.45) is 7.11. The normalized spacial score (nSPS) is 13.0. The molecule has 0 fully saturated rings. The molecule has 3 nitrogen and oxygen atoms in total. The maximum absolute atomic E-state index is 13.1. The molecule has 3 aromatic rings. The lowest BCUT2D eigenvalue weighted by molar-refractivity contribution is 0.603. The highest BCUT2D eigenvalue weighted by atomic mass is 32.2. The average molecular weight is 370 g/mol. The van der Waals surface area contributed by atoms with Crippen LogP contribution < -0.4 is 0 Å². The van der Waals surface area contributed by atoms with Crippen LogP contribution in [0, 0.1) is 6.92 Å². The van der Waals surface area contributed by atoms with Gasteiger partial charge in [-0.2, -0.15) is 0 Å². The number of hydrogen-bond donors (Lipinski definition) is 1. The molecule has 5 heteroatoms. The SMILES string of the molecule is CS/C=C/C(=C\c1c[nH]c2ccccc12)S(=O)(=O)c1ccc(C)cc1. The first-order valence-corrected chi connectivity index (χ1v) is 10.6. The number of aromatic nitrogens is 1. The summed E-state index contributed by atoms with van der Waals surface area (Å²) in [5.74, 6) is 0. The fraction of sp³-hybridized carbons (Fsp3) is 0.100. The van der Waals surface area contributed by atoms with Gasteiger partial charge in [-0.25, -0.2) is 8.42 Å². The van der Waals surface area contributed by atoms with Gasteiger partial charge in [-0.15, -0.1) is 11.8 Å². The van der Waals surface area contributed by atoms with E-state index in [0.717, 1.165) is 22.0 Å². The van der Waals surface area contributed by atoms with Crippen molar-refractivity contribution in [1.29, 1.82) is 0 Å². The topological polar surface area (TPSA) is 49.9 Å². The van der Waals surface area contributed by atoms with Crippen molar-refractivity contribution in [1.82, 2.24) is 4.98 Å². The van der Waals surface area contributed by atoms with E-state index in [0.29, 0.717) is 4.90 Å². The molecule has 2 aromatic carbocycles. The van der Waals surface area contributed by atoms with E-state index in [1.807, 2.05) is 55.8 Å². The molecule has 1 aromatic heterocycles. The zero-order chi connectivity index (χ0) is 17.9. The molecule has 0 spiro atoms. The van der Waals surface area contributed by atoms with E-state index in [2.05, 4.69) is 4.98 Å². The van der Waals surface area contributed by atoms with Gasteiger partial charge in [0.1, 0.15) is 0 Å². The summed E-state index contributed by atoms with van der Waals surface area (Å²) in [5, 5.41) is 2.78. The summed E-state index contributed by atoms with van der Waals surface area (Å²) < 4.78 is 26.1. The molecule has 1 N–H and O–H groups in total. The summed E-state index contributed by atoms with van der Waals surface area (Å²) in [6, 6.07) is 14.8. The van der Waals surface area contributed by atoms with Crippen LogP contribution in [-0.2, 0) is 9.84 Å². The Balaban J connectivity index is 2.14. The van der Waals surface area contributed by atoms with Crippen molar-refractivity contribution in [2.24, 2.45) is 0 Å². The Morgan fingerprint density at radius 3 is 2.52 bits per heavy atom. The van der Waals surface area contributed by atoms with E-state index in [1.165, 1.54) is 11.8 Å². The lowest BCUT2D eigenvalue weighted by atomic mass is 10.1. The third-order valence-corrected chi connectivity index (χ3v) is 6.10. The number of aromatic amines is 1. The zero-order valence-corrected chi connectivity index (χ0v) is 15.7. The molecule has 3 rings (SSSR count). The predicted molar refractivity (Wildman–Crippen MR) is 107 cm³/mol. The number of benzene rings is 2. The van der Waals surface area contributed by atoms with Crippen molar-refractivity contribution in [2.45, 2.75) is 11.8 Å². The van der Waals surface area contributed by atoms with Gasteiger partial charge in [-0.3, -0.25) is 0 Å². The van der Waals surface area contributed by atoms with Crippen molar-refractivity contribution in [3.8, 4) is 0 Å². The molecule has 0 amide bonds. The Hall–Kier alpha value is -2.24. The first-order valence-electron chi connectivity index (χ1n) is 7.81. The molecule has 0 saturated carbocycles. The first-order chi connectivity index (χ1) is 12.0. The van der Waals surface area contributed by atoms with Crippen LogP contribution in [0.3, 0.4) is 0 Å². The second kappa shape index (κ2) is 7.33. The number of aryl methyl sites for hydroxylation is 1. The molecule has 0 aliphatic heterocycles. The van der Waals surface area contributed by atoms with E-state index in [4.69, 9.17) is 0 Å². The Labute approximate surface area is 152 Å². The monoisotopic (exact) mass is 369 g/mol. The molecular formula is C20H19NO2S2. The van der Waals surface area contributed by atoms with Gasteiger partial charge in [0, 0.05) is 22.7 Å². The van der Waals surface area contributed by atoms with Gasteiger partial charge in [0.2, 0.25) is 9.84 Å². The molecule has 0 aliphatic carbocycles. The minimum absolute atomic E-state index is 0.274. The number of H-pyrrole nitrogens is 1. The predicted octanol–water partition coefficient (Wildman–Crippen LogP) is 5.17. The molecule has 0 aliphatic rings. The number of sulfone groups is 1. The number of nitrogens with one attached hydrogen (secondary N) is 1. The highest BCUT2D eigenvalue weighted by Crippen LogP contribution is 2.27. The van der Waals surface area contributed by atoms with Crippen molar-refractivity contribution in [3.05, 3.63) is 82.2 Å². The molecular weight excluding hydrogens is 350 g/mol. The van der Waals surface area contributed by atoms with Crippen LogP contribution in [0.25, 0.3) is 17.0 Å². The van der Waals surface area contributed by atoms with E-state index >= 15 is 0 Å². The summed E-state index contributed by atoms with van der Waals surface area (Å²) in [7, 11) is -3.59. The molecule has 0 bridgehead atoms. The van der Waals surface area contributed by atoms with E-state index in [9.17, 15) is 8.42 Å². The van der Waals surface area contributed by atoms with Crippen LogP contribution in [0.2, 0.25) is 0 Å². The van der Waals surface area contributed by atoms with Crippen LogP contribution >= 0.6 is 11.8 Å². The van der Waals surface area contributed by atoms with Crippen LogP contribution in [0.4, 0.5) is 0 Å².